The number of hydrogen-bond acceptors (Lipinski definition) is 5. The number of rotatable bonds is 6. The molecular weight excluding hydrogens is 371 g/mol. The van der Waals surface area contributed by atoms with Crippen molar-refractivity contribution in [2.45, 2.75) is 12.8 Å². The minimum absolute atomic E-state index is 0.187. The van der Waals surface area contributed by atoms with Gasteiger partial charge in [-0.15, -0.1) is 0 Å². The van der Waals surface area contributed by atoms with Gasteiger partial charge in [0.15, 0.2) is 0 Å². The molecule has 0 spiro atoms. The van der Waals surface area contributed by atoms with Crippen molar-refractivity contribution in [1.82, 2.24) is 15.1 Å². The molecule has 3 aromatic rings. The summed E-state index contributed by atoms with van der Waals surface area (Å²) >= 11 is 0. The Morgan fingerprint density at radius 1 is 1.17 bits per heavy atom. The normalized spacial score (nSPS) is 10.2. The molecule has 0 saturated carbocycles. The number of halogens is 1. The maximum absolute atomic E-state index is 13.1. The second-order valence-electron chi connectivity index (χ2n) is 6.26. The Hall–Kier alpha value is -4.17. The standard InChI is InChI=1S/C21H17FN6O/c22-16-6-8-17(9-7-16)28-20(25)18(13-24)19(27-28)5-2-10-26-21(29)15-4-1-3-14(11-15)12-23/h1,3-4,6-9,11H,2,5,10,25H2,(H,26,29). The first-order chi connectivity index (χ1) is 14.0. The molecule has 1 amide bonds. The van der Waals surface area contributed by atoms with Crippen LogP contribution in [0.2, 0.25) is 0 Å². The quantitative estimate of drug-likeness (QED) is 0.629. The monoisotopic (exact) mass is 388 g/mol. The van der Waals surface area contributed by atoms with E-state index in [1.807, 2.05) is 6.07 Å². The van der Waals surface area contributed by atoms with Crippen LogP contribution in [-0.2, 0) is 6.42 Å². The van der Waals surface area contributed by atoms with Crippen LogP contribution in [0, 0.1) is 28.5 Å². The maximum Gasteiger partial charge on any atom is 0.251 e. The minimum Gasteiger partial charge on any atom is -0.382 e. The molecule has 8 heteroatoms. The van der Waals surface area contributed by atoms with Gasteiger partial charge in [-0.05, 0) is 55.3 Å². The summed E-state index contributed by atoms with van der Waals surface area (Å²) < 4.78 is 14.5. The molecule has 0 bridgehead atoms. The molecule has 0 atom stereocenters. The van der Waals surface area contributed by atoms with E-state index in [9.17, 15) is 14.4 Å². The zero-order valence-electron chi connectivity index (χ0n) is 15.4. The number of nitrogens with two attached hydrogens (primary N) is 1. The summed E-state index contributed by atoms with van der Waals surface area (Å²) in [4.78, 5) is 12.2. The molecule has 144 valence electrons. The van der Waals surface area contributed by atoms with E-state index in [4.69, 9.17) is 11.0 Å². The topological polar surface area (TPSA) is 121 Å². The highest BCUT2D eigenvalue weighted by atomic mass is 19.1. The number of nitriles is 2. The Labute approximate surface area is 166 Å². The third kappa shape index (κ3) is 4.40. The van der Waals surface area contributed by atoms with Crippen LogP contribution in [0.1, 0.15) is 33.6 Å². The lowest BCUT2D eigenvalue weighted by Crippen LogP contribution is -2.24. The van der Waals surface area contributed by atoms with Gasteiger partial charge in [-0.25, -0.2) is 9.07 Å². The fourth-order valence-corrected chi connectivity index (χ4v) is 2.84. The SMILES string of the molecule is N#Cc1cccc(C(=O)NCCCc2nn(-c3ccc(F)cc3)c(N)c2C#N)c1. The number of carbonyl (C=O) groups excluding carboxylic acids is 1. The molecule has 0 saturated heterocycles. The van der Waals surface area contributed by atoms with E-state index in [-0.39, 0.29) is 23.1 Å². The van der Waals surface area contributed by atoms with Gasteiger partial charge in [0.05, 0.1) is 23.0 Å². The van der Waals surface area contributed by atoms with E-state index in [0.29, 0.717) is 41.9 Å². The summed E-state index contributed by atoms with van der Waals surface area (Å²) in [5.74, 6) is -0.471. The molecule has 2 aromatic carbocycles. The average Bonchev–Trinajstić information content (AvgIpc) is 3.06. The van der Waals surface area contributed by atoms with E-state index in [1.165, 1.54) is 35.0 Å². The summed E-state index contributed by atoms with van der Waals surface area (Å²) in [6.07, 6.45) is 0.970. The van der Waals surface area contributed by atoms with E-state index in [1.54, 1.807) is 18.2 Å². The van der Waals surface area contributed by atoms with Crippen molar-refractivity contribution in [2.75, 3.05) is 12.3 Å². The first-order valence-electron chi connectivity index (χ1n) is 8.85. The van der Waals surface area contributed by atoms with Gasteiger partial charge >= 0.3 is 0 Å². The third-order valence-corrected chi connectivity index (χ3v) is 4.31. The molecular formula is C21H17FN6O. The number of anilines is 1. The Balaban J connectivity index is 1.64. The van der Waals surface area contributed by atoms with Gasteiger partial charge in [0.25, 0.3) is 5.91 Å². The van der Waals surface area contributed by atoms with Crippen LogP contribution in [0.5, 0.6) is 0 Å². The molecule has 0 aliphatic carbocycles. The van der Waals surface area contributed by atoms with Crippen molar-refractivity contribution in [2.24, 2.45) is 0 Å². The second kappa shape index (κ2) is 8.68. The Morgan fingerprint density at radius 3 is 2.62 bits per heavy atom. The van der Waals surface area contributed by atoms with Crippen molar-refractivity contribution in [3.05, 3.63) is 76.7 Å². The van der Waals surface area contributed by atoms with Gasteiger partial charge in [0.1, 0.15) is 23.3 Å². The minimum atomic E-state index is -0.378. The summed E-state index contributed by atoms with van der Waals surface area (Å²) in [7, 11) is 0. The highest BCUT2D eigenvalue weighted by Crippen LogP contribution is 2.21. The fraction of sp³-hybridized carbons (Fsp3) is 0.143. The second-order valence-corrected chi connectivity index (χ2v) is 6.26. The van der Waals surface area contributed by atoms with E-state index in [2.05, 4.69) is 16.5 Å². The fourth-order valence-electron chi connectivity index (χ4n) is 2.84. The zero-order valence-corrected chi connectivity index (χ0v) is 15.4. The number of aromatic nitrogens is 2. The van der Waals surface area contributed by atoms with Gasteiger partial charge < -0.3 is 11.1 Å². The maximum atomic E-state index is 13.1. The first-order valence-corrected chi connectivity index (χ1v) is 8.85. The largest absolute Gasteiger partial charge is 0.382 e. The van der Waals surface area contributed by atoms with Crippen LogP contribution in [0.15, 0.2) is 48.5 Å². The zero-order chi connectivity index (χ0) is 20.8. The Morgan fingerprint density at radius 2 is 1.93 bits per heavy atom. The number of carbonyl (C=O) groups is 1. The van der Waals surface area contributed by atoms with Crippen molar-refractivity contribution >= 4 is 11.7 Å². The summed E-state index contributed by atoms with van der Waals surface area (Å²) in [6, 6.07) is 16.1. The lowest BCUT2D eigenvalue weighted by Gasteiger charge is -2.05. The van der Waals surface area contributed by atoms with Crippen LogP contribution in [0.4, 0.5) is 10.2 Å². The number of benzene rings is 2. The predicted octanol–water partition coefficient (Wildman–Crippen LogP) is 2.70. The molecule has 1 heterocycles. The first kappa shape index (κ1) is 19.6. The van der Waals surface area contributed by atoms with E-state index >= 15 is 0 Å². The number of nitrogen functional groups attached to an aromatic ring is 1. The highest BCUT2D eigenvalue weighted by molar-refractivity contribution is 5.94. The molecule has 0 aliphatic rings. The smallest absolute Gasteiger partial charge is 0.251 e. The molecule has 0 radical (unpaired) electrons. The van der Waals surface area contributed by atoms with Gasteiger partial charge in [0.2, 0.25) is 0 Å². The summed E-state index contributed by atoms with van der Waals surface area (Å²) in [6.45, 7) is 0.365. The molecule has 0 unspecified atom stereocenters. The molecule has 3 N–H and O–H groups in total. The van der Waals surface area contributed by atoms with Gasteiger partial charge in [0, 0.05) is 12.1 Å². The van der Waals surface area contributed by atoms with Crippen LogP contribution in [0.3, 0.4) is 0 Å². The summed E-state index contributed by atoms with van der Waals surface area (Å²) in [5.41, 5.74) is 8.18. The molecule has 3 rings (SSSR count). The number of hydrogen-bond donors (Lipinski definition) is 2. The van der Waals surface area contributed by atoms with E-state index in [0.717, 1.165) is 0 Å². The number of nitrogens with one attached hydrogen (secondary N) is 1. The predicted molar refractivity (Wildman–Crippen MR) is 104 cm³/mol. The van der Waals surface area contributed by atoms with Crippen LogP contribution in [-0.4, -0.2) is 22.2 Å². The molecule has 1 aromatic heterocycles. The lowest BCUT2D eigenvalue weighted by atomic mass is 10.1. The summed E-state index contributed by atoms with van der Waals surface area (Å²) in [5, 5.41) is 25.5. The van der Waals surface area contributed by atoms with Crippen LogP contribution >= 0.6 is 0 Å². The Kier molecular flexibility index (Phi) is 5.86. The van der Waals surface area contributed by atoms with Gasteiger partial charge in [-0.1, -0.05) is 6.07 Å². The number of aryl methyl sites for hydroxylation is 1. The molecule has 7 nitrogen and oxygen atoms in total. The van der Waals surface area contributed by atoms with E-state index < -0.39 is 0 Å². The highest BCUT2D eigenvalue weighted by Gasteiger charge is 2.16. The van der Waals surface area contributed by atoms with Crippen molar-refractivity contribution in [3.63, 3.8) is 0 Å². The lowest BCUT2D eigenvalue weighted by molar-refractivity contribution is 0.0953. The van der Waals surface area contributed by atoms with Crippen LogP contribution < -0.4 is 11.1 Å². The van der Waals surface area contributed by atoms with Crippen molar-refractivity contribution in [3.8, 4) is 17.8 Å². The van der Waals surface area contributed by atoms with Gasteiger partial charge in [-0.2, -0.15) is 15.6 Å². The average molecular weight is 388 g/mol. The van der Waals surface area contributed by atoms with Crippen molar-refractivity contribution in [1.29, 1.82) is 10.5 Å². The molecule has 29 heavy (non-hydrogen) atoms. The molecule has 0 aliphatic heterocycles. The van der Waals surface area contributed by atoms with Crippen LogP contribution in [0.25, 0.3) is 5.69 Å². The van der Waals surface area contributed by atoms with Crippen molar-refractivity contribution < 1.29 is 9.18 Å². The molecule has 0 fully saturated rings. The number of amides is 1. The van der Waals surface area contributed by atoms with Gasteiger partial charge in [-0.3, -0.25) is 4.79 Å². The number of nitrogens with zero attached hydrogens (tertiary/aromatic N) is 4. The Bertz CT molecular complexity index is 1120. The third-order valence-electron chi connectivity index (χ3n) is 4.31.